The Labute approximate surface area is 149 Å². The molecule has 1 aliphatic rings. The number of benzene rings is 2. The zero-order valence-corrected chi connectivity index (χ0v) is 13.8. The van der Waals surface area contributed by atoms with Gasteiger partial charge in [-0.25, -0.2) is 4.39 Å². The molecule has 3 aromatic rings. The molecule has 1 aromatic heterocycles. The average Bonchev–Trinajstić information content (AvgIpc) is 3.35. The molecule has 0 bridgehead atoms. The molecule has 132 valence electrons. The lowest BCUT2D eigenvalue weighted by atomic mass is 10.1. The van der Waals surface area contributed by atoms with Crippen LogP contribution in [0.1, 0.15) is 12.8 Å². The highest BCUT2D eigenvalue weighted by Gasteiger charge is 2.23. The fraction of sp³-hybridized carbons (Fsp3) is 0.211. The number of rotatable bonds is 4. The molecule has 0 aliphatic carbocycles. The Balaban J connectivity index is 1.53. The summed E-state index contributed by atoms with van der Waals surface area (Å²) < 4.78 is 23.7. The van der Waals surface area contributed by atoms with Crippen LogP contribution < -0.4 is 5.32 Å². The largest absolute Gasteiger partial charge is 0.368 e. The molecule has 1 amide bonds. The summed E-state index contributed by atoms with van der Waals surface area (Å²) >= 11 is 0. The third kappa shape index (κ3) is 3.48. The molecule has 1 atom stereocenters. The van der Waals surface area contributed by atoms with E-state index in [1.54, 1.807) is 30.3 Å². The summed E-state index contributed by atoms with van der Waals surface area (Å²) in [5, 5.41) is 6.81. The molecule has 6 nitrogen and oxygen atoms in total. The van der Waals surface area contributed by atoms with Crippen LogP contribution in [0.15, 0.2) is 53.1 Å². The van der Waals surface area contributed by atoms with Crippen molar-refractivity contribution in [2.75, 3.05) is 11.9 Å². The monoisotopic (exact) mass is 353 g/mol. The fourth-order valence-electron chi connectivity index (χ4n) is 2.79. The second-order valence-electron chi connectivity index (χ2n) is 6.00. The van der Waals surface area contributed by atoms with Gasteiger partial charge in [-0.05, 0) is 49.2 Å². The lowest BCUT2D eigenvalue weighted by Gasteiger charge is -2.10. The van der Waals surface area contributed by atoms with Gasteiger partial charge < -0.3 is 14.6 Å². The molecular formula is C19H16FN3O3. The van der Waals surface area contributed by atoms with Gasteiger partial charge in [0.25, 0.3) is 11.8 Å². The van der Waals surface area contributed by atoms with E-state index in [1.807, 2.05) is 6.07 Å². The highest BCUT2D eigenvalue weighted by Crippen LogP contribution is 2.25. The van der Waals surface area contributed by atoms with Gasteiger partial charge in [0.15, 0.2) is 0 Å². The first-order valence-corrected chi connectivity index (χ1v) is 8.31. The minimum absolute atomic E-state index is 0.153. The molecule has 2 aromatic carbocycles. The van der Waals surface area contributed by atoms with Gasteiger partial charge >= 0.3 is 0 Å². The van der Waals surface area contributed by atoms with Crippen molar-refractivity contribution in [3.8, 4) is 22.8 Å². The van der Waals surface area contributed by atoms with Crippen LogP contribution >= 0.6 is 0 Å². The van der Waals surface area contributed by atoms with Crippen LogP contribution in [-0.4, -0.2) is 28.8 Å². The van der Waals surface area contributed by atoms with Crippen LogP contribution in [0, 0.1) is 5.82 Å². The topological polar surface area (TPSA) is 77.3 Å². The second-order valence-corrected chi connectivity index (χ2v) is 6.00. The Morgan fingerprint density at radius 3 is 2.77 bits per heavy atom. The van der Waals surface area contributed by atoms with Crippen molar-refractivity contribution in [3.63, 3.8) is 0 Å². The lowest BCUT2D eigenvalue weighted by molar-refractivity contribution is -0.124. The highest BCUT2D eigenvalue weighted by molar-refractivity contribution is 5.94. The summed E-state index contributed by atoms with van der Waals surface area (Å²) in [6.45, 7) is 0.618. The maximum absolute atomic E-state index is 13.0. The first-order valence-electron chi connectivity index (χ1n) is 8.31. The first kappa shape index (κ1) is 16.4. The van der Waals surface area contributed by atoms with E-state index in [0.29, 0.717) is 35.1 Å². The van der Waals surface area contributed by atoms with E-state index in [2.05, 4.69) is 15.5 Å². The van der Waals surface area contributed by atoms with Crippen LogP contribution in [0.4, 0.5) is 10.1 Å². The predicted octanol–water partition coefficient (Wildman–Crippen LogP) is 3.66. The van der Waals surface area contributed by atoms with Crippen molar-refractivity contribution in [2.45, 2.75) is 18.9 Å². The van der Waals surface area contributed by atoms with E-state index >= 15 is 0 Å². The van der Waals surface area contributed by atoms with Gasteiger partial charge in [0.1, 0.15) is 11.9 Å². The quantitative estimate of drug-likeness (QED) is 0.774. The third-order valence-electron chi connectivity index (χ3n) is 4.13. The SMILES string of the molecule is O=C(Nc1cccc(-c2noc(-c3ccc(F)cc3)n2)c1)[C@@H]1CCCO1. The fourth-order valence-corrected chi connectivity index (χ4v) is 2.79. The van der Waals surface area contributed by atoms with E-state index < -0.39 is 6.10 Å². The minimum Gasteiger partial charge on any atom is -0.368 e. The molecule has 26 heavy (non-hydrogen) atoms. The molecule has 2 heterocycles. The zero-order valence-electron chi connectivity index (χ0n) is 13.8. The van der Waals surface area contributed by atoms with Gasteiger partial charge in [0.05, 0.1) is 0 Å². The van der Waals surface area contributed by atoms with Crippen molar-refractivity contribution in [3.05, 3.63) is 54.3 Å². The van der Waals surface area contributed by atoms with Crippen LogP contribution in [0.25, 0.3) is 22.8 Å². The van der Waals surface area contributed by atoms with Gasteiger partial charge in [0.2, 0.25) is 5.82 Å². The lowest BCUT2D eigenvalue weighted by Crippen LogP contribution is -2.26. The van der Waals surface area contributed by atoms with E-state index in [0.717, 1.165) is 12.8 Å². The maximum Gasteiger partial charge on any atom is 0.258 e. The van der Waals surface area contributed by atoms with Crippen LogP contribution in [0.3, 0.4) is 0 Å². The second kappa shape index (κ2) is 7.05. The Hall–Kier alpha value is -3.06. The van der Waals surface area contributed by atoms with Crippen molar-refractivity contribution in [2.24, 2.45) is 0 Å². The van der Waals surface area contributed by atoms with Crippen molar-refractivity contribution in [1.29, 1.82) is 0 Å². The van der Waals surface area contributed by atoms with Gasteiger partial charge in [-0.3, -0.25) is 4.79 Å². The minimum atomic E-state index is -0.395. The molecule has 1 fully saturated rings. The Morgan fingerprint density at radius 1 is 1.15 bits per heavy atom. The number of amides is 1. The summed E-state index contributed by atoms with van der Waals surface area (Å²) in [5.74, 6) is 0.203. The molecule has 7 heteroatoms. The standard InChI is InChI=1S/C19H16FN3O3/c20-14-8-6-12(7-9-14)19-22-17(23-26-19)13-3-1-4-15(11-13)21-18(24)16-5-2-10-25-16/h1,3-4,6-9,11,16H,2,5,10H2,(H,21,24)/t16-/m0/s1. The van der Waals surface area contributed by atoms with E-state index in [4.69, 9.17) is 9.26 Å². The molecule has 1 saturated heterocycles. The molecule has 1 aliphatic heterocycles. The maximum atomic E-state index is 13.0. The normalized spacial score (nSPS) is 16.6. The summed E-state index contributed by atoms with van der Waals surface area (Å²) in [5.41, 5.74) is 1.97. The number of carbonyl (C=O) groups is 1. The summed E-state index contributed by atoms with van der Waals surface area (Å²) in [6.07, 6.45) is 1.23. The smallest absolute Gasteiger partial charge is 0.258 e. The number of anilines is 1. The number of halogens is 1. The molecular weight excluding hydrogens is 337 g/mol. The van der Waals surface area contributed by atoms with Gasteiger partial charge in [-0.1, -0.05) is 17.3 Å². The summed E-state index contributed by atoms with van der Waals surface area (Å²) in [7, 11) is 0. The summed E-state index contributed by atoms with van der Waals surface area (Å²) in [6, 6.07) is 13.0. The molecule has 1 N–H and O–H groups in total. The Kier molecular flexibility index (Phi) is 4.45. The van der Waals surface area contributed by atoms with E-state index in [1.165, 1.54) is 12.1 Å². The van der Waals surface area contributed by atoms with Crippen molar-refractivity contribution >= 4 is 11.6 Å². The third-order valence-corrected chi connectivity index (χ3v) is 4.13. The molecule has 4 rings (SSSR count). The molecule has 0 unspecified atom stereocenters. The number of ether oxygens (including phenoxy) is 1. The van der Waals surface area contributed by atoms with Crippen molar-refractivity contribution < 1.29 is 18.4 Å². The number of carbonyl (C=O) groups excluding carboxylic acids is 1. The number of hydrogen-bond acceptors (Lipinski definition) is 5. The van der Waals surface area contributed by atoms with E-state index in [-0.39, 0.29) is 11.7 Å². The van der Waals surface area contributed by atoms with Crippen LogP contribution in [-0.2, 0) is 9.53 Å². The predicted molar refractivity (Wildman–Crippen MR) is 92.7 cm³/mol. The zero-order chi connectivity index (χ0) is 17.9. The highest BCUT2D eigenvalue weighted by atomic mass is 19.1. The molecule has 0 radical (unpaired) electrons. The Bertz CT molecular complexity index is 918. The molecule has 0 spiro atoms. The Morgan fingerprint density at radius 2 is 2.00 bits per heavy atom. The average molecular weight is 353 g/mol. The van der Waals surface area contributed by atoms with Gasteiger partial charge in [-0.2, -0.15) is 4.98 Å². The number of hydrogen-bond donors (Lipinski definition) is 1. The van der Waals surface area contributed by atoms with Crippen LogP contribution in [0.2, 0.25) is 0 Å². The van der Waals surface area contributed by atoms with Gasteiger partial charge in [-0.15, -0.1) is 0 Å². The molecule has 0 saturated carbocycles. The number of nitrogens with zero attached hydrogens (tertiary/aromatic N) is 2. The van der Waals surface area contributed by atoms with Crippen molar-refractivity contribution in [1.82, 2.24) is 10.1 Å². The summed E-state index contributed by atoms with van der Waals surface area (Å²) in [4.78, 5) is 16.5. The first-order chi connectivity index (χ1) is 12.7. The number of nitrogens with one attached hydrogen (secondary N) is 1. The number of aromatic nitrogens is 2. The van der Waals surface area contributed by atoms with Gasteiger partial charge in [0, 0.05) is 23.4 Å². The van der Waals surface area contributed by atoms with E-state index in [9.17, 15) is 9.18 Å². The van der Waals surface area contributed by atoms with Crippen LogP contribution in [0.5, 0.6) is 0 Å².